The lowest BCUT2D eigenvalue weighted by atomic mass is 9.79. The number of rotatable bonds is 5. The van der Waals surface area contributed by atoms with Crippen molar-refractivity contribution >= 4 is 16.1 Å². The molecule has 0 unspecified atom stereocenters. The molecular weight excluding hydrogens is 365 g/mol. The monoisotopic (exact) mass is 382 g/mol. The van der Waals surface area contributed by atoms with Gasteiger partial charge in [0, 0.05) is 0 Å². The van der Waals surface area contributed by atoms with Gasteiger partial charge in [-0.05, 0) is 30.5 Å². The number of hydrogen-bond donors (Lipinski definition) is 0. The van der Waals surface area contributed by atoms with Gasteiger partial charge in [-0.15, -0.1) is 0 Å². The Morgan fingerprint density at radius 3 is 2.20 bits per heavy atom. The molecule has 0 bridgehead atoms. The molecule has 1 aromatic carbocycles. The van der Waals surface area contributed by atoms with E-state index in [4.69, 9.17) is 9.47 Å². The fraction of sp³-hybridized carbons (Fsp3) is 0.533. The molecule has 6 nitrogen and oxygen atoms in total. The number of esters is 1. The van der Waals surface area contributed by atoms with Crippen LogP contribution in [0.2, 0.25) is 0 Å². The van der Waals surface area contributed by atoms with Crippen molar-refractivity contribution < 1.29 is 40.0 Å². The van der Waals surface area contributed by atoms with Gasteiger partial charge >= 0.3 is 21.6 Å². The number of hydrogen-bond acceptors (Lipinski definition) is 6. The van der Waals surface area contributed by atoms with Crippen molar-refractivity contribution in [2.24, 2.45) is 0 Å². The van der Waals surface area contributed by atoms with E-state index < -0.39 is 32.8 Å². The Morgan fingerprint density at radius 2 is 1.72 bits per heavy atom. The highest BCUT2D eigenvalue weighted by atomic mass is 32.2. The van der Waals surface area contributed by atoms with Crippen LogP contribution in [-0.4, -0.2) is 34.1 Å². The Hall–Kier alpha value is -1.97. The average Bonchev–Trinajstić information content (AvgIpc) is 3.04. The van der Waals surface area contributed by atoms with E-state index in [1.807, 2.05) is 0 Å². The lowest BCUT2D eigenvalue weighted by molar-refractivity contribution is -0.147. The van der Waals surface area contributed by atoms with Crippen LogP contribution in [0.15, 0.2) is 18.2 Å². The van der Waals surface area contributed by atoms with Crippen molar-refractivity contribution in [1.82, 2.24) is 0 Å². The Labute approximate surface area is 143 Å². The molecule has 0 saturated heterocycles. The van der Waals surface area contributed by atoms with Gasteiger partial charge in [0.05, 0.1) is 19.6 Å². The lowest BCUT2D eigenvalue weighted by Gasteiger charge is -2.27. The number of carbonyl (C=O) groups excluding carboxylic acids is 1. The van der Waals surface area contributed by atoms with Gasteiger partial charge in [-0.25, -0.2) is 0 Å². The van der Waals surface area contributed by atoms with Crippen LogP contribution < -0.4 is 8.92 Å². The van der Waals surface area contributed by atoms with Crippen LogP contribution in [0, 0.1) is 0 Å². The van der Waals surface area contributed by atoms with E-state index in [0.717, 1.165) is 26.0 Å². The summed E-state index contributed by atoms with van der Waals surface area (Å²) in [6.07, 6.45) is 2.62. The predicted octanol–water partition coefficient (Wildman–Crippen LogP) is 2.91. The summed E-state index contributed by atoms with van der Waals surface area (Å²) in [6.45, 7) is 0. The van der Waals surface area contributed by atoms with Crippen molar-refractivity contribution in [3.05, 3.63) is 23.8 Å². The quantitative estimate of drug-likeness (QED) is 0.443. The molecule has 0 amide bonds. The van der Waals surface area contributed by atoms with E-state index in [1.165, 1.54) is 19.2 Å². The highest BCUT2D eigenvalue weighted by Crippen LogP contribution is 2.45. The second kappa shape index (κ2) is 6.74. The Kier molecular flexibility index (Phi) is 5.22. The molecule has 25 heavy (non-hydrogen) atoms. The molecular formula is C15H17F3O6S. The number of carbonyl (C=O) groups is 1. The van der Waals surface area contributed by atoms with Gasteiger partial charge in [-0.3, -0.25) is 4.79 Å². The maximum absolute atomic E-state index is 12.5. The molecule has 140 valence electrons. The van der Waals surface area contributed by atoms with Crippen molar-refractivity contribution in [2.45, 2.75) is 36.6 Å². The first-order valence-electron chi connectivity index (χ1n) is 7.35. The van der Waals surface area contributed by atoms with Crippen molar-refractivity contribution in [1.29, 1.82) is 0 Å². The Balaban J connectivity index is 2.45. The van der Waals surface area contributed by atoms with E-state index in [0.29, 0.717) is 18.4 Å². The minimum Gasteiger partial charge on any atom is -0.493 e. The third kappa shape index (κ3) is 3.53. The number of methoxy groups -OCH3 is 2. The van der Waals surface area contributed by atoms with E-state index in [1.54, 1.807) is 0 Å². The average molecular weight is 382 g/mol. The van der Waals surface area contributed by atoms with Crippen molar-refractivity contribution in [3.63, 3.8) is 0 Å². The molecule has 0 aromatic heterocycles. The summed E-state index contributed by atoms with van der Waals surface area (Å²) < 4.78 is 73.7. The molecule has 0 spiro atoms. The minimum absolute atomic E-state index is 0.222. The maximum atomic E-state index is 12.5. The maximum Gasteiger partial charge on any atom is 0.534 e. The number of benzene rings is 1. The Morgan fingerprint density at radius 1 is 1.12 bits per heavy atom. The zero-order chi connectivity index (χ0) is 18.9. The van der Waals surface area contributed by atoms with E-state index >= 15 is 0 Å². The summed E-state index contributed by atoms with van der Waals surface area (Å²) in [4.78, 5) is 12.2. The van der Waals surface area contributed by atoms with Crippen LogP contribution in [0.3, 0.4) is 0 Å². The molecule has 1 aliphatic carbocycles. The predicted molar refractivity (Wildman–Crippen MR) is 80.8 cm³/mol. The fourth-order valence-corrected chi connectivity index (χ4v) is 3.45. The van der Waals surface area contributed by atoms with E-state index in [-0.39, 0.29) is 5.75 Å². The Bertz CT molecular complexity index is 751. The standard InChI is InChI=1S/C15H17F3O6S/c1-22-12-9-10(14(13(19)23-2)7-3-4-8-14)5-6-11(12)24-25(20,21)15(16,17)18/h5-6,9H,3-4,7-8H2,1-2H3. The van der Waals surface area contributed by atoms with Crippen LogP contribution in [0.4, 0.5) is 13.2 Å². The molecule has 2 rings (SSSR count). The van der Waals surface area contributed by atoms with Gasteiger partial charge in [-0.1, -0.05) is 18.9 Å². The SMILES string of the molecule is COC(=O)C1(c2ccc(OS(=O)(=O)C(F)(F)F)c(OC)c2)CCCC1. The molecule has 1 aromatic rings. The summed E-state index contributed by atoms with van der Waals surface area (Å²) in [5.74, 6) is -1.29. The number of alkyl halides is 3. The zero-order valence-electron chi connectivity index (χ0n) is 13.6. The fourth-order valence-electron chi connectivity index (χ4n) is 2.98. The first-order chi connectivity index (χ1) is 11.6. The van der Waals surface area contributed by atoms with Gasteiger partial charge in [-0.2, -0.15) is 21.6 Å². The van der Waals surface area contributed by atoms with E-state index in [9.17, 15) is 26.4 Å². The molecule has 0 N–H and O–H groups in total. The summed E-state index contributed by atoms with van der Waals surface area (Å²) in [5, 5.41) is 0. The van der Waals surface area contributed by atoms with Gasteiger partial charge < -0.3 is 13.7 Å². The highest BCUT2D eigenvalue weighted by molar-refractivity contribution is 7.88. The molecule has 0 atom stereocenters. The normalized spacial score (nSPS) is 17.2. The third-order valence-electron chi connectivity index (χ3n) is 4.23. The third-order valence-corrected chi connectivity index (χ3v) is 5.20. The summed E-state index contributed by atoms with van der Waals surface area (Å²) in [5.41, 5.74) is -6.01. The first-order valence-corrected chi connectivity index (χ1v) is 8.76. The number of ether oxygens (including phenoxy) is 2. The van der Waals surface area contributed by atoms with Crippen LogP contribution in [0.5, 0.6) is 11.5 Å². The molecule has 0 heterocycles. The largest absolute Gasteiger partial charge is 0.534 e. The van der Waals surface area contributed by atoms with Crippen LogP contribution >= 0.6 is 0 Å². The second-order valence-electron chi connectivity index (χ2n) is 5.63. The molecule has 1 saturated carbocycles. The van der Waals surface area contributed by atoms with Crippen LogP contribution in [-0.2, 0) is 25.1 Å². The molecule has 0 radical (unpaired) electrons. The van der Waals surface area contributed by atoms with Gasteiger partial charge in [0.1, 0.15) is 0 Å². The van der Waals surface area contributed by atoms with Gasteiger partial charge in [0.15, 0.2) is 11.5 Å². The molecule has 0 aliphatic heterocycles. The molecule has 10 heteroatoms. The smallest absolute Gasteiger partial charge is 0.493 e. The van der Waals surface area contributed by atoms with Gasteiger partial charge in [0.25, 0.3) is 0 Å². The topological polar surface area (TPSA) is 78.9 Å². The van der Waals surface area contributed by atoms with Crippen LogP contribution in [0.25, 0.3) is 0 Å². The lowest BCUT2D eigenvalue weighted by Crippen LogP contribution is -2.34. The van der Waals surface area contributed by atoms with Crippen LogP contribution in [0.1, 0.15) is 31.2 Å². The first kappa shape index (κ1) is 19.4. The molecule has 1 aliphatic rings. The van der Waals surface area contributed by atoms with Crippen molar-refractivity contribution in [3.8, 4) is 11.5 Å². The summed E-state index contributed by atoms with van der Waals surface area (Å²) >= 11 is 0. The second-order valence-corrected chi connectivity index (χ2v) is 7.17. The summed E-state index contributed by atoms with van der Waals surface area (Å²) in [6, 6.07) is 3.70. The van der Waals surface area contributed by atoms with E-state index in [2.05, 4.69) is 4.18 Å². The minimum atomic E-state index is -5.82. The number of halogens is 3. The van der Waals surface area contributed by atoms with Crippen molar-refractivity contribution in [2.75, 3.05) is 14.2 Å². The molecule has 1 fully saturated rings. The summed E-state index contributed by atoms with van der Waals surface area (Å²) in [7, 11) is -3.41. The zero-order valence-corrected chi connectivity index (χ0v) is 14.4. The van der Waals surface area contributed by atoms with Gasteiger partial charge in [0.2, 0.25) is 0 Å². The highest BCUT2D eigenvalue weighted by Gasteiger charge is 2.49.